The van der Waals surface area contributed by atoms with E-state index in [2.05, 4.69) is 10.3 Å². The molecule has 5 atom stereocenters. The number of methoxy groups -OCH3 is 1. The summed E-state index contributed by atoms with van der Waals surface area (Å²) in [4.78, 5) is 41.3. The highest BCUT2D eigenvalue weighted by molar-refractivity contribution is 5.98. The summed E-state index contributed by atoms with van der Waals surface area (Å²) in [5.41, 5.74) is -0.105. The van der Waals surface area contributed by atoms with Crippen molar-refractivity contribution in [1.29, 1.82) is 0 Å². The van der Waals surface area contributed by atoms with Gasteiger partial charge in [-0.2, -0.15) is 0 Å². The van der Waals surface area contributed by atoms with Crippen LogP contribution in [0, 0.1) is 23.7 Å². The first-order valence-corrected chi connectivity index (χ1v) is 15.2. The van der Waals surface area contributed by atoms with Gasteiger partial charge < -0.3 is 29.0 Å². The number of carbonyl (C=O) groups is 3. The number of nitrogens with zero attached hydrogens (tertiary/aromatic N) is 1. The average molecular weight is 575 g/mol. The summed E-state index contributed by atoms with van der Waals surface area (Å²) < 4.78 is 27.7. The lowest BCUT2D eigenvalue weighted by Gasteiger charge is -2.39. The third kappa shape index (κ3) is 9.31. The molecule has 10 nitrogen and oxygen atoms in total. The Bertz CT molecular complexity index is 1030. The zero-order valence-corrected chi connectivity index (χ0v) is 24.9. The fourth-order valence-corrected chi connectivity index (χ4v) is 6.25. The van der Waals surface area contributed by atoms with Crippen LogP contribution < -0.4 is 14.8 Å². The molecule has 1 N–H and O–H groups in total. The zero-order chi connectivity index (χ0) is 29.4. The summed E-state index contributed by atoms with van der Waals surface area (Å²) in [7, 11) is 1.42. The van der Waals surface area contributed by atoms with Gasteiger partial charge in [0.15, 0.2) is 17.2 Å². The van der Waals surface area contributed by atoms with Crippen LogP contribution in [0.5, 0.6) is 11.5 Å². The molecule has 3 saturated carbocycles. The lowest BCUT2D eigenvalue weighted by atomic mass is 9.67. The van der Waals surface area contributed by atoms with Crippen molar-refractivity contribution in [2.75, 3.05) is 20.5 Å². The summed E-state index contributed by atoms with van der Waals surface area (Å²) in [5.74, 6) is 1.59. The van der Waals surface area contributed by atoms with E-state index in [1.54, 1.807) is 6.92 Å². The molecule has 1 aromatic rings. The van der Waals surface area contributed by atoms with Gasteiger partial charge in [-0.15, -0.1) is 0 Å². The number of fused-ring (bicyclic) bond motifs is 2. The SMILES string of the molecule is COc1ccnc(C(=O)N[C@@H](C)C(=O)O[C@@H](C)[C@@H](CCC2CC3CCCC(C3)C2)OCC2CC2)c1OCOC(C)=O. The van der Waals surface area contributed by atoms with Crippen LogP contribution in [0.25, 0.3) is 0 Å². The highest BCUT2D eigenvalue weighted by Crippen LogP contribution is 2.44. The molecule has 4 rings (SSSR count). The van der Waals surface area contributed by atoms with E-state index in [1.165, 1.54) is 77.7 Å². The van der Waals surface area contributed by atoms with Crippen molar-refractivity contribution < 1.29 is 38.1 Å². The number of aromatic nitrogens is 1. The van der Waals surface area contributed by atoms with Crippen molar-refractivity contribution in [2.24, 2.45) is 23.7 Å². The number of pyridine rings is 1. The van der Waals surface area contributed by atoms with E-state index in [0.717, 1.165) is 30.6 Å². The molecule has 1 aromatic heterocycles. The maximum Gasteiger partial charge on any atom is 0.328 e. The van der Waals surface area contributed by atoms with Crippen molar-refractivity contribution in [2.45, 2.75) is 103 Å². The van der Waals surface area contributed by atoms with E-state index in [9.17, 15) is 14.4 Å². The van der Waals surface area contributed by atoms with Crippen LogP contribution in [0.15, 0.2) is 12.3 Å². The Morgan fingerprint density at radius 3 is 2.44 bits per heavy atom. The second kappa shape index (κ2) is 14.8. The van der Waals surface area contributed by atoms with Gasteiger partial charge in [-0.1, -0.05) is 19.3 Å². The van der Waals surface area contributed by atoms with Crippen LogP contribution in [0.4, 0.5) is 0 Å². The van der Waals surface area contributed by atoms with Gasteiger partial charge in [0.1, 0.15) is 12.1 Å². The Balaban J connectivity index is 1.32. The minimum absolute atomic E-state index is 0.00285. The lowest BCUT2D eigenvalue weighted by molar-refractivity contribution is -0.159. The topological polar surface area (TPSA) is 122 Å². The van der Waals surface area contributed by atoms with Crippen molar-refractivity contribution in [3.05, 3.63) is 18.0 Å². The van der Waals surface area contributed by atoms with E-state index in [4.69, 9.17) is 23.7 Å². The van der Waals surface area contributed by atoms with E-state index < -0.39 is 36.8 Å². The van der Waals surface area contributed by atoms with Gasteiger partial charge in [-0.3, -0.25) is 9.59 Å². The molecule has 1 amide bonds. The molecule has 2 bridgehead atoms. The van der Waals surface area contributed by atoms with Gasteiger partial charge in [0, 0.05) is 25.8 Å². The lowest BCUT2D eigenvalue weighted by Crippen LogP contribution is -2.43. The Kier molecular flexibility index (Phi) is 11.2. The van der Waals surface area contributed by atoms with Crippen molar-refractivity contribution in [3.63, 3.8) is 0 Å². The highest BCUT2D eigenvalue weighted by Gasteiger charge is 2.34. The minimum Gasteiger partial charge on any atom is -0.493 e. The molecular weight excluding hydrogens is 528 g/mol. The summed E-state index contributed by atoms with van der Waals surface area (Å²) in [5, 5.41) is 2.64. The van der Waals surface area contributed by atoms with E-state index in [-0.39, 0.29) is 23.3 Å². The first-order chi connectivity index (χ1) is 19.7. The molecule has 1 heterocycles. The number of carbonyl (C=O) groups excluding carboxylic acids is 3. The van der Waals surface area contributed by atoms with Crippen molar-refractivity contribution in [1.82, 2.24) is 10.3 Å². The molecule has 3 aliphatic rings. The first-order valence-electron chi connectivity index (χ1n) is 15.2. The molecule has 41 heavy (non-hydrogen) atoms. The van der Waals surface area contributed by atoms with Gasteiger partial charge in [0.2, 0.25) is 6.79 Å². The first kappa shape index (κ1) is 31.1. The number of hydrogen-bond acceptors (Lipinski definition) is 9. The van der Waals surface area contributed by atoms with Crippen LogP contribution in [0.1, 0.15) is 95.5 Å². The predicted molar refractivity (Wildman–Crippen MR) is 150 cm³/mol. The molecule has 10 heteroatoms. The van der Waals surface area contributed by atoms with Crippen molar-refractivity contribution in [3.8, 4) is 11.5 Å². The minimum atomic E-state index is -0.943. The number of hydrogen-bond donors (Lipinski definition) is 1. The van der Waals surface area contributed by atoms with Crippen LogP contribution >= 0.6 is 0 Å². The van der Waals surface area contributed by atoms with Crippen LogP contribution in [0.3, 0.4) is 0 Å². The summed E-state index contributed by atoms with van der Waals surface area (Å²) in [6.07, 6.45) is 13.3. The van der Waals surface area contributed by atoms with Gasteiger partial charge >= 0.3 is 11.9 Å². The van der Waals surface area contributed by atoms with E-state index >= 15 is 0 Å². The summed E-state index contributed by atoms with van der Waals surface area (Å²) in [6.45, 7) is 4.97. The van der Waals surface area contributed by atoms with Gasteiger partial charge in [-0.25, -0.2) is 9.78 Å². The maximum absolute atomic E-state index is 13.1. The zero-order valence-electron chi connectivity index (χ0n) is 24.9. The number of nitrogens with one attached hydrogen (secondary N) is 1. The monoisotopic (exact) mass is 574 g/mol. The Hall–Kier alpha value is -2.88. The summed E-state index contributed by atoms with van der Waals surface area (Å²) in [6, 6.07) is 0.571. The number of amides is 1. The van der Waals surface area contributed by atoms with Crippen LogP contribution in [-0.4, -0.2) is 61.6 Å². The fraction of sp³-hybridized carbons (Fsp3) is 0.742. The van der Waals surface area contributed by atoms with E-state index in [1.807, 2.05) is 6.92 Å². The fourth-order valence-electron chi connectivity index (χ4n) is 6.25. The molecule has 0 aromatic carbocycles. The molecule has 0 spiro atoms. The van der Waals surface area contributed by atoms with E-state index in [0.29, 0.717) is 12.5 Å². The third-order valence-corrected chi connectivity index (χ3v) is 8.62. The Labute approximate surface area is 243 Å². The van der Waals surface area contributed by atoms with Gasteiger partial charge in [-0.05, 0) is 82.5 Å². The largest absolute Gasteiger partial charge is 0.493 e. The second-order valence-electron chi connectivity index (χ2n) is 12.1. The van der Waals surface area contributed by atoms with Gasteiger partial charge in [0.05, 0.1) is 13.2 Å². The third-order valence-electron chi connectivity index (χ3n) is 8.62. The summed E-state index contributed by atoms with van der Waals surface area (Å²) >= 11 is 0. The quantitative estimate of drug-likeness (QED) is 0.232. The number of rotatable bonds is 15. The van der Waals surface area contributed by atoms with Crippen LogP contribution in [-0.2, 0) is 23.8 Å². The molecule has 2 unspecified atom stereocenters. The molecule has 3 fully saturated rings. The number of ether oxygens (including phenoxy) is 5. The van der Waals surface area contributed by atoms with Crippen molar-refractivity contribution >= 4 is 17.8 Å². The molecule has 3 aliphatic carbocycles. The smallest absolute Gasteiger partial charge is 0.328 e. The molecular formula is C31H46N2O8. The molecule has 0 saturated heterocycles. The van der Waals surface area contributed by atoms with Crippen LogP contribution in [0.2, 0.25) is 0 Å². The normalized spacial score (nSPS) is 24.0. The Morgan fingerprint density at radius 1 is 1.05 bits per heavy atom. The van der Waals surface area contributed by atoms with Gasteiger partial charge in [0.25, 0.3) is 5.91 Å². The second-order valence-corrected chi connectivity index (χ2v) is 12.1. The highest BCUT2D eigenvalue weighted by atomic mass is 16.7. The maximum atomic E-state index is 13.1. The number of esters is 2. The standard InChI is InChI=1S/C31H46N2O8/c1-19(33-30(35)28-29(40-18-39-21(3)34)27(37-4)12-13-32-28)31(36)41-20(2)26(38-17-22-8-9-22)11-10-25-15-23-6-5-7-24(14-23)16-25/h12-13,19-20,22-26H,5-11,14-18H2,1-4H3,(H,33,35)/t19-,20-,23?,24?,25?,26+/m0/s1. The molecule has 0 radical (unpaired) electrons. The molecule has 228 valence electrons. The average Bonchev–Trinajstić information content (AvgIpc) is 3.77. The predicted octanol–water partition coefficient (Wildman–Crippen LogP) is 4.83. The Morgan fingerprint density at radius 2 is 1.78 bits per heavy atom. The molecule has 0 aliphatic heterocycles.